The molecule has 0 saturated carbocycles. The van der Waals surface area contributed by atoms with Crippen molar-refractivity contribution in [3.8, 4) is 17.2 Å². The Morgan fingerprint density at radius 1 is 1.05 bits per heavy atom. The molecule has 0 spiro atoms. The molecule has 0 heterocycles. The van der Waals surface area contributed by atoms with Crippen molar-refractivity contribution in [1.82, 2.24) is 0 Å². The largest absolute Gasteiger partial charge is 1.00 e. The van der Waals surface area contributed by atoms with E-state index in [4.69, 9.17) is 14.2 Å². The average Bonchev–Trinajstić information content (AvgIpc) is 2.43. The van der Waals surface area contributed by atoms with Gasteiger partial charge in [0.15, 0.2) is 11.5 Å². The summed E-state index contributed by atoms with van der Waals surface area (Å²) in [5, 5.41) is 0. The van der Waals surface area contributed by atoms with Crippen LogP contribution in [0.1, 0.15) is 11.6 Å². The molecule has 0 aliphatic rings. The molecule has 0 aliphatic heterocycles. The number of carbonyl (C=O) groups excluding carboxylic acids is 1. The van der Waals surface area contributed by atoms with Crippen molar-refractivity contribution in [3.63, 3.8) is 0 Å². The molecule has 0 amide bonds. The molecule has 3 N–H and O–H groups in total. The van der Waals surface area contributed by atoms with Gasteiger partial charge in [-0.3, -0.25) is 0 Å². The Morgan fingerprint density at radius 2 is 1.53 bits per heavy atom. The fraction of sp³-hybridized carbons (Fsp3) is 0.417. The monoisotopic (exact) mass is 291 g/mol. The van der Waals surface area contributed by atoms with Crippen molar-refractivity contribution < 1.29 is 41.9 Å². The fourth-order valence-corrected chi connectivity index (χ4v) is 1.58. The quantitative estimate of drug-likeness (QED) is 0.592. The van der Waals surface area contributed by atoms with Crippen LogP contribution < -0.4 is 32.4 Å². The average molecular weight is 292 g/mol. The maximum absolute atomic E-state index is 11.5. The molecule has 108 valence electrons. The van der Waals surface area contributed by atoms with Gasteiger partial charge in [0.05, 0.1) is 28.4 Å². The van der Waals surface area contributed by atoms with Gasteiger partial charge < -0.3 is 37.1 Å². The van der Waals surface area contributed by atoms with Crippen LogP contribution in [0.25, 0.3) is 0 Å². The second kappa shape index (κ2) is 7.70. The van der Waals surface area contributed by atoms with Gasteiger partial charge in [-0.1, -0.05) is 0 Å². The molecule has 6 nitrogen and oxygen atoms in total. The molecule has 1 aromatic rings. The lowest BCUT2D eigenvalue weighted by atomic mass is 10.1. The Kier molecular flexibility index (Phi) is 7.03. The van der Waals surface area contributed by atoms with Gasteiger partial charge in [-0.05, 0) is 12.1 Å². The van der Waals surface area contributed by atoms with Gasteiger partial charge in [0.1, 0.15) is 0 Å². The first-order chi connectivity index (χ1) is 8.58. The molecular weight excluding hydrogens is 274 g/mol. The number of carbonyl (C=O) groups is 1. The first-order valence-electron chi connectivity index (χ1n) is 5.29. The predicted octanol–water partition coefficient (Wildman–Crippen LogP) is -2.83. The maximum atomic E-state index is 11.5. The molecule has 0 aliphatic carbocycles. The van der Waals surface area contributed by atoms with E-state index < -0.39 is 12.0 Å². The van der Waals surface area contributed by atoms with Gasteiger partial charge >= 0.3 is 5.97 Å². The normalized spacial score (nSPS) is 11.0. The van der Waals surface area contributed by atoms with Crippen molar-refractivity contribution in [3.05, 3.63) is 17.7 Å². The molecule has 0 fully saturated rings. The van der Waals surface area contributed by atoms with E-state index in [0.29, 0.717) is 22.8 Å². The van der Waals surface area contributed by atoms with Crippen LogP contribution >= 0.6 is 0 Å². The molecule has 1 rings (SSSR count). The maximum Gasteiger partial charge on any atom is 0.369 e. The lowest BCUT2D eigenvalue weighted by molar-refractivity contribution is -0.414. The molecule has 0 saturated heterocycles. The number of methoxy groups -OCH3 is 4. The van der Waals surface area contributed by atoms with Crippen LogP contribution in [0.15, 0.2) is 12.1 Å². The van der Waals surface area contributed by atoms with Crippen LogP contribution in [0.2, 0.25) is 0 Å². The number of ether oxygens (including phenoxy) is 4. The second-order valence-corrected chi connectivity index (χ2v) is 3.53. The zero-order chi connectivity index (χ0) is 13.7. The molecule has 1 aromatic carbocycles. The van der Waals surface area contributed by atoms with Gasteiger partial charge in [0.2, 0.25) is 11.8 Å². The molecule has 19 heavy (non-hydrogen) atoms. The summed E-state index contributed by atoms with van der Waals surface area (Å²) < 4.78 is 20.2. The zero-order valence-electron chi connectivity index (χ0n) is 11.4. The van der Waals surface area contributed by atoms with Crippen LogP contribution in [0.3, 0.4) is 0 Å². The highest BCUT2D eigenvalue weighted by Crippen LogP contribution is 2.39. The second-order valence-electron chi connectivity index (χ2n) is 3.53. The van der Waals surface area contributed by atoms with E-state index in [2.05, 4.69) is 10.5 Å². The van der Waals surface area contributed by atoms with Crippen LogP contribution in [0.5, 0.6) is 17.2 Å². The Labute approximate surface area is 118 Å². The third-order valence-corrected chi connectivity index (χ3v) is 2.58. The van der Waals surface area contributed by atoms with E-state index in [1.54, 1.807) is 12.1 Å². The highest BCUT2D eigenvalue weighted by Gasteiger charge is 2.24. The molecule has 7 heteroatoms. The first-order valence-corrected chi connectivity index (χ1v) is 5.29. The first kappa shape index (κ1) is 17.3. The van der Waals surface area contributed by atoms with Gasteiger partial charge in [0.25, 0.3) is 0 Å². The minimum atomic E-state index is -0.649. The SMILES string of the molecule is COC(=O)C([NH3+])c1cc(OC)c(OC)c(OC)c1.[Cl-]. The van der Waals surface area contributed by atoms with Crippen LogP contribution in [0, 0.1) is 0 Å². The number of rotatable bonds is 5. The summed E-state index contributed by atoms with van der Waals surface area (Å²) in [7, 11) is 5.86. The van der Waals surface area contributed by atoms with E-state index in [-0.39, 0.29) is 12.4 Å². The van der Waals surface area contributed by atoms with Gasteiger partial charge in [-0.15, -0.1) is 0 Å². The van der Waals surface area contributed by atoms with E-state index in [0.717, 1.165) is 0 Å². The van der Waals surface area contributed by atoms with Crippen LogP contribution in [0.4, 0.5) is 0 Å². The predicted molar refractivity (Wildman–Crippen MR) is 63.7 cm³/mol. The summed E-state index contributed by atoms with van der Waals surface area (Å²) in [6.07, 6.45) is 0. The summed E-state index contributed by atoms with van der Waals surface area (Å²) in [4.78, 5) is 11.5. The van der Waals surface area contributed by atoms with Crippen molar-refractivity contribution in [2.24, 2.45) is 0 Å². The standard InChI is InChI=1S/C12H17NO5.ClH/c1-15-8-5-7(10(13)12(14)18-4)6-9(16-2)11(8)17-3;/h5-6,10H,13H2,1-4H3;1H. The number of benzene rings is 1. The van der Waals surface area contributed by atoms with Crippen molar-refractivity contribution in [2.45, 2.75) is 6.04 Å². The lowest BCUT2D eigenvalue weighted by Crippen LogP contribution is -3.00. The van der Waals surface area contributed by atoms with Crippen molar-refractivity contribution in [1.29, 1.82) is 0 Å². The number of hydrogen-bond donors (Lipinski definition) is 1. The number of esters is 1. The third-order valence-electron chi connectivity index (χ3n) is 2.58. The summed E-state index contributed by atoms with van der Waals surface area (Å²) in [6.45, 7) is 0. The molecule has 0 bridgehead atoms. The third kappa shape index (κ3) is 3.65. The van der Waals surface area contributed by atoms with Crippen molar-refractivity contribution >= 4 is 5.97 Å². The molecule has 0 radical (unpaired) electrons. The minimum Gasteiger partial charge on any atom is -1.00 e. The number of hydrogen-bond acceptors (Lipinski definition) is 5. The topological polar surface area (TPSA) is 81.6 Å². The Bertz CT molecular complexity index is 413. The summed E-state index contributed by atoms with van der Waals surface area (Å²) in [5.41, 5.74) is 4.39. The van der Waals surface area contributed by atoms with Gasteiger partial charge in [-0.25, -0.2) is 4.79 Å². The Morgan fingerprint density at radius 3 is 1.84 bits per heavy atom. The summed E-state index contributed by atoms with van der Waals surface area (Å²) in [6, 6.07) is 2.70. The Hall–Kier alpha value is -1.66. The van der Waals surface area contributed by atoms with Crippen LogP contribution in [-0.2, 0) is 9.53 Å². The molecule has 1 unspecified atom stereocenters. The molecule has 1 atom stereocenters. The van der Waals surface area contributed by atoms with E-state index >= 15 is 0 Å². The minimum absolute atomic E-state index is 0. The smallest absolute Gasteiger partial charge is 0.369 e. The Balaban J connectivity index is 0.00000324. The summed E-state index contributed by atoms with van der Waals surface area (Å²) in [5.74, 6) is 0.999. The van der Waals surface area contributed by atoms with E-state index in [1.807, 2.05) is 0 Å². The number of halogens is 1. The molecular formula is C12H18ClNO5. The lowest BCUT2D eigenvalue weighted by Gasteiger charge is -2.15. The van der Waals surface area contributed by atoms with Crippen LogP contribution in [-0.4, -0.2) is 34.4 Å². The number of quaternary nitrogens is 1. The van der Waals surface area contributed by atoms with E-state index in [9.17, 15) is 4.79 Å². The van der Waals surface area contributed by atoms with Crippen molar-refractivity contribution in [2.75, 3.05) is 28.4 Å². The highest BCUT2D eigenvalue weighted by molar-refractivity contribution is 5.76. The summed E-state index contributed by atoms with van der Waals surface area (Å²) >= 11 is 0. The van der Waals surface area contributed by atoms with E-state index in [1.165, 1.54) is 28.4 Å². The van der Waals surface area contributed by atoms with Gasteiger partial charge in [-0.2, -0.15) is 0 Å². The van der Waals surface area contributed by atoms with Gasteiger partial charge in [0, 0.05) is 5.56 Å². The fourth-order valence-electron chi connectivity index (χ4n) is 1.58. The molecule has 0 aromatic heterocycles. The zero-order valence-corrected chi connectivity index (χ0v) is 12.1. The highest BCUT2D eigenvalue weighted by atomic mass is 35.5.